The number of hydrogen-bond acceptors (Lipinski definition) is 7. The zero-order valence-electron chi connectivity index (χ0n) is 15.2. The van der Waals surface area contributed by atoms with Gasteiger partial charge in [-0.3, -0.25) is 0 Å². The molecule has 7 heteroatoms. The molecule has 4 aromatic rings. The molecule has 2 heterocycles. The number of rotatable bonds is 7. The van der Waals surface area contributed by atoms with E-state index in [1.807, 2.05) is 60.0 Å². The fourth-order valence-electron chi connectivity index (χ4n) is 2.66. The summed E-state index contributed by atoms with van der Waals surface area (Å²) in [6.45, 7) is 0.420. The van der Waals surface area contributed by atoms with Crippen molar-refractivity contribution in [2.24, 2.45) is 0 Å². The lowest BCUT2D eigenvalue weighted by Crippen LogP contribution is -2.00. The number of hydrogen-bond donors (Lipinski definition) is 1. The molecule has 0 atom stereocenters. The minimum absolute atomic E-state index is 0.420. The smallest absolute Gasteiger partial charge is 0.227 e. The van der Waals surface area contributed by atoms with Crippen molar-refractivity contribution in [3.8, 4) is 22.2 Å². The second-order valence-electron chi connectivity index (χ2n) is 5.86. The monoisotopic (exact) mass is 390 g/mol. The van der Waals surface area contributed by atoms with Gasteiger partial charge in [-0.05, 0) is 24.3 Å². The number of ether oxygens (including phenoxy) is 2. The predicted octanol–water partition coefficient (Wildman–Crippen LogP) is 4.93. The fourth-order valence-corrected chi connectivity index (χ4v) is 3.27. The zero-order chi connectivity index (χ0) is 19.2. The zero-order valence-corrected chi connectivity index (χ0v) is 16.0. The van der Waals surface area contributed by atoms with E-state index in [-0.39, 0.29) is 0 Å². The molecule has 2 aromatic heterocycles. The highest BCUT2D eigenvalue weighted by Gasteiger charge is 2.06. The lowest BCUT2D eigenvalue weighted by molar-refractivity contribution is 0.297. The van der Waals surface area contributed by atoms with Gasteiger partial charge in [0.25, 0.3) is 0 Å². The molecule has 2 aromatic carbocycles. The number of aromatic nitrogens is 3. The van der Waals surface area contributed by atoms with Gasteiger partial charge in [-0.2, -0.15) is 0 Å². The number of thiazole rings is 1. The van der Waals surface area contributed by atoms with E-state index in [1.54, 1.807) is 30.8 Å². The first kappa shape index (κ1) is 17.9. The molecule has 0 unspecified atom stereocenters. The van der Waals surface area contributed by atoms with Crippen LogP contribution in [0.3, 0.4) is 0 Å². The standard InChI is InChI=1S/C21H18N4O2S/c1-26-19-8-3-2-5-15(19)14-27-17-7-4-6-16(13-17)24-21-23-10-9-18(25-21)20-22-11-12-28-20/h2-13H,14H2,1H3,(H,23,24,25). The molecule has 140 valence electrons. The van der Waals surface area contributed by atoms with Crippen LogP contribution >= 0.6 is 11.3 Å². The third-order valence-electron chi connectivity index (χ3n) is 3.98. The molecule has 4 rings (SSSR count). The highest BCUT2D eigenvalue weighted by atomic mass is 32.1. The molecule has 0 aliphatic heterocycles. The Morgan fingerprint density at radius 2 is 1.93 bits per heavy atom. The van der Waals surface area contributed by atoms with Crippen molar-refractivity contribution < 1.29 is 9.47 Å². The Kier molecular flexibility index (Phi) is 5.44. The van der Waals surface area contributed by atoms with Gasteiger partial charge in [-0.1, -0.05) is 24.3 Å². The van der Waals surface area contributed by atoms with Crippen LogP contribution in [0.2, 0.25) is 0 Å². The molecule has 0 aliphatic carbocycles. The number of nitrogens with one attached hydrogen (secondary N) is 1. The highest BCUT2D eigenvalue weighted by molar-refractivity contribution is 7.13. The van der Waals surface area contributed by atoms with Crippen LogP contribution in [0, 0.1) is 0 Å². The lowest BCUT2D eigenvalue weighted by atomic mass is 10.2. The predicted molar refractivity (Wildman–Crippen MR) is 110 cm³/mol. The van der Waals surface area contributed by atoms with Crippen LogP contribution in [0.25, 0.3) is 10.7 Å². The molecule has 28 heavy (non-hydrogen) atoms. The molecule has 0 spiro atoms. The Bertz CT molecular complexity index is 1050. The van der Waals surface area contributed by atoms with Crippen molar-refractivity contribution in [3.63, 3.8) is 0 Å². The van der Waals surface area contributed by atoms with Crippen LogP contribution in [0.1, 0.15) is 5.56 Å². The highest BCUT2D eigenvalue weighted by Crippen LogP contribution is 2.25. The van der Waals surface area contributed by atoms with E-state index in [0.29, 0.717) is 12.6 Å². The molecule has 0 radical (unpaired) electrons. The summed E-state index contributed by atoms with van der Waals surface area (Å²) in [5, 5.41) is 6.00. The van der Waals surface area contributed by atoms with Gasteiger partial charge < -0.3 is 14.8 Å². The van der Waals surface area contributed by atoms with Crippen LogP contribution in [-0.2, 0) is 6.61 Å². The average molecular weight is 390 g/mol. The Balaban J connectivity index is 1.46. The summed E-state index contributed by atoms with van der Waals surface area (Å²) in [6, 6.07) is 17.3. The number of benzene rings is 2. The maximum atomic E-state index is 5.93. The quantitative estimate of drug-likeness (QED) is 0.482. The van der Waals surface area contributed by atoms with E-state index in [2.05, 4.69) is 20.3 Å². The van der Waals surface area contributed by atoms with Gasteiger partial charge >= 0.3 is 0 Å². The lowest BCUT2D eigenvalue weighted by Gasteiger charge is -2.11. The molecular weight excluding hydrogens is 372 g/mol. The van der Waals surface area contributed by atoms with Crippen molar-refractivity contribution in [2.75, 3.05) is 12.4 Å². The molecule has 0 amide bonds. The molecular formula is C21H18N4O2S. The minimum atomic E-state index is 0.420. The number of anilines is 2. The summed E-state index contributed by atoms with van der Waals surface area (Å²) in [7, 11) is 1.66. The van der Waals surface area contributed by atoms with Crippen molar-refractivity contribution in [2.45, 2.75) is 6.61 Å². The van der Waals surface area contributed by atoms with E-state index >= 15 is 0 Å². The van der Waals surface area contributed by atoms with E-state index in [1.165, 1.54) is 0 Å². The fraction of sp³-hybridized carbons (Fsp3) is 0.0952. The van der Waals surface area contributed by atoms with E-state index in [4.69, 9.17) is 9.47 Å². The first-order chi connectivity index (χ1) is 13.8. The number of nitrogens with zero attached hydrogens (tertiary/aromatic N) is 3. The van der Waals surface area contributed by atoms with Crippen LogP contribution in [0.5, 0.6) is 11.5 Å². The Morgan fingerprint density at radius 1 is 1.00 bits per heavy atom. The first-order valence-corrected chi connectivity index (χ1v) is 9.54. The van der Waals surface area contributed by atoms with Gasteiger partial charge in [0.15, 0.2) is 0 Å². The third kappa shape index (κ3) is 4.27. The van der Waals surface area contributed by atoms with Crippen molar-refractivity contribution >= 4 is 23.0 Å². The second-order valence-corrected chi connectivity index (χ2v) is 6.75. The molecule has 0 fully saturated rings. The number of methoxy groups -OCH3 is 1. The van der Waals surface area contributed by atoms with Gasteiger partial charge in [0.05, 0.1) is 7.11 Å². The van der Waals surface area contributed by atoms with Gasteiger partial charge in [-0.15, -0.1) is 11.3 Å². The summed E-state index contributed by atoms with van der Waals surface area (Å²) >= 11 is 1.54. The van der Waals surface area contributed by atoms with Crippen molar-refractivity contribution in [1.82, 2.24) is 15.0 Å². The van der Waals surface area contributed by atoms with Gasteiger partial charge in [0, 0.05) is 35.1 Å². The summed E-state index contributed by atoms with van der Waals surface area (Å²) in [5.74, 6) is 2.06. The molecule has 6 nitrogen and oxygen atoms in total. The van der Waals surface area contributed by atoms with Crippen LogP contribution in [0.15, 0.2) is 72.4 Å². The van der Waals surface area contributed by atoms with Gasteiger partial charge in [-0.25, -0.2) is 15.0 Å². The normalized spacial score (nSPS) is 10.5. The largest absolute Gasteiger partial charge is 0.496 e. The Labute approximate surface area is 166 Å². The third-order valence-corrected chi connectivity index (χ3v) is 4.78. The number of para-hydroxylation sites is 1. The minimum Gasteiger partial charge on any atom is -0.496 e. The van der Waals surface area contributed by atoms with E-state index < -0.39 is 0 Å². The van der Waals surface area contributed by atoms with E-state index in [9.17, 15) is 0 Å². The molecule has 0 saturated carbocycles. The van der Waals surface area contributed by atoms with Crippen LogP contribution in [0.4, 0.5) is 11.6 Å². The molecule has 0 aliphatic rings. The Hall–Kier alpha value is -3.45. The van der Waals surface area contributed by atoms with E-state index in [0.717, 1.165) is 33.5 Å². The summed E-state index contributed by atoms with van der Waals surface area (Å²) in [5.41, 5.74) is 2.62. The van der Waals surface area contributed by atoms with Crippen LogP contribution < -0.4 is 14.8 Å². The maximum Gasteiger partial charge on any atom is 0.227 e. The molecule has 1 N–H and O–H groups in total. The summed E-state index contributed by atoms with van der Waals surface area (Å²) < 4.78 is 11.3. The Morgan fingerprint density at radius 3 is 2.79 bits per heavy atom. The summed E-state index contributed by atoms with van der Waals surface area (Å²) in [4.78, 5) is 13.1. The van der Waals surface area contributed by atoms with Gasteiger partial charge in [0.2, 0.25) is 5.95 Å². The SMILES string of the molecule is COc1ccccc1COc1cccc(Nc2nccc(-c3nccs3)n2)c1. The molecule has 0 saturated heterocycles. The second kappa shape index (κ2) is 8.49. The average Bonchev–Trinajstić information content (AvgIpc) is 3.28. The van der Waals surface area contributed by atoms with Crippen LogP contribution in [-0.4, -0.2) is 22.1 Å². The summed E-state index contributed by atoms with van der Waals surface area (Å²) in [6.07, 6.45) is 3.48. The van der Waals surface area contributed by atoms with Gasteiger partial charge in [0.1, 0.15) is 28.8 Å². The first-order valence-electron chi connectivity index (χ1n) is 8.66. The molecule has 0 bridgehead atoms. The maximum absolute atomic E-state index is 5.93. The topological polar surface area (TPSA) is 69.2 Å². The van der Waals surface area contributed by atoms with Crippen molar-refractivity contribution in [3.05, 3.63) is 77.9 Å². The van der Waals surface area contributed by atoms with Crippen molar-refractivity contribution in [1.29, 1.82) is 0 Å².